The van der Waals surface area contributed by atoms with Crippen molar-refractivity contribution in [3.05, 3.63) is 88.8 Å². The second-order valence-electron chi connectivity index (χ2n) is 8.41. The van der Waals surface area contributed by atoms with E-state index in [1.807, 2.05) is 48.9 Å². The topological polar surface area (TPSA) is 91.2 Å². The number of rotatable bonds is 6. The summed E-state index contributed by atoms with van der Waals surface area (Å²) in [4.78, 5) is 21.5. The molecule has 0 bridgehead atoms. The van der Waals surface area contributed by atoms with Gasteiger partial charge in [-0.2, -0.15) is 5.10 Å². The van der Waals surface area contributed by atoms with Crippen LogP contribution in [0.5, 0.6) is 5.75 Å². The van der Waals surface area contributed by atoms with Crippen molar-refractivity contribution in [3.63, 3.8) is 0 Å². The number of halogens is 1. The fraction of sp³-hybridized carbons (Fsp3) is 0.143. The molecule has 0 radical (unpaired) electrons. The van der Waals surface area contributed by atoms with E-state index >= 15 is 0 Å². The van der Waals surface area contributed by atoms with Crippen molar-refractivity contribution in [2.75, 3.05) is 19.5 Å². The number of aryl methyl sites for hydroxylation is 2. The zero-order valence-corrected chi connectivity index (χ0v) is 21.5. The molecule has 0 amide bonds. The number of carbonyl (C=O) groups is 1. The number of anilines is 2. The van der Waals surface area contributed by atoms with Crippen LogP contribution in [-0.4, -0.2) is 39.9 Å². The van der Waals surface area contributed by atoms with Gasteiger partial charge in [-0.3, -0.25) is 9.97 Å². The van der Waals surface area contributed by atoms with Crippen LogP contribution in [0.15, 0.2) is 67.0 Å². The maximum Gasteiger partial charge on any atom is 0.340 e. The van der Waals surface area contributed by atoms with Gasteiger partial charge in [0.15, 0.2) is 0 Å². The van der Waals surface area contributed by atoms with E-state index in [2.05, 4.69) is 15.3 Å². The number of para-hydroxylation sites is 1. The molecule has 0 fully saturated rings. The minimum absolute atomic E-state index is 0.318. The molecule has 0 aliphatic carbocycles. The lowest BCUT2D eigenvalue weighted by atomic mass is 10.0. The molecule has 0 saturated heterocycles. The monoisotopic (exact) mass is 513 g/mol. The molecular formula is C28H24ClN5O3. The zero-order valence-electron chi connectivity index (χ0n) is 20.7. The number of benzene rings is 3. The fourth-order valence-corrected chi connectivity index (χ4v) is 4.54. The Kier molecular flexibility index (Phi) is 6.50. The van der Waals surface area contributed by atoms with Crippen molar-refractivity contribution < 1.29 is 14.3 Å². The molecule has 186 valence electrons. The highest BCUT2D eigenvalue weighted by atomic mass is 35.5. The van der Waals surface area contributed by atoms with Gasteiger partial charge in [-0.05, 0) is 55.8 Å². The van der Waals surface area contributed by atoms with Crippen LogP contribution in [0.1, 0.15) is 21.6 Å². The minimum atomic E-state index is -0.499. The Balaban J connectivity index is 1.78. The average molecular weight is 514 g/mol. The summed E-state index contributed by atoms with van der Waals surface area (Å²) in [7, 11) is 2.89. The number of methoxy groups -OCH3 is 2. The molecule has 2 aromatic heterocycles. The number of nitrogens with zero attached hydrogens (tertiary/aromatic N) is 4. The van der Waals surface area contributed by atoms with Crippen LogP contribution in [0.3, 0.4) is 0 Å². The molecule has 37 heavy (non-hydrogen) atoms. The first-order chi connectivity index (χ1) is 17.9. The van der Waals surface area contributed by atoms with Crippen molar-refractivity contribution in [1.29, 1.82) is 0 Å². The van der Waals surface area contributed by atoms with E-state index < -0.39 is 5.97 Å². The van der Waals surface area contributed by atoms with Gasteiger partial charge in [0, 0.05) is 23.5 Å². The Bertz CT molecular complexity index is 1650. The maximum atomic E-state index is 12.7. The third-order valence-corrected chi connectivity index (χ3v) is 6.43. The standard InChI is InChI=1S/C28H24ClN5O3/c1-16-7-5-6-8-25(16)34-27(32-22-10-9-18(36-3)13-20(22)28(35)37-4)26(17(2)33-34)19-14-23-24(15-21(19)29)31-12-11-30-23/h5-15,32H,1-4H3. The Morgan fingerprint density at radius 1 is 0.973 bits per heavy atom. The van der Waals surface area contributed by atoms with Gasteiger partial charge >= 0.3 is 5.97 Å². The first-order valence-electron chi connectivity index (χ1n) is 11.5. The number of esters is 1. The quantitative estimate of drug-likeness (QED) is 0.267. The molecule has 5 rings (SSSR count). The summed E-state index contributed by atoms with van der Waals surface area (Å²) in [5.74, 6) is 0.666. The highest BCUT2D eigenvalue weighted by Gasteiger charge is 2.24. The first kappa shape index (κ1) is 24.3. The summed E-state index contributed by atoms with van der Waals surface area (Å²) >= 11 is 6.79. The minimum Gasteiger partial charge on any atom is -0.497 e. The summed E-state index contributed by atoms with van der Waals surface area (Å²) in [6, 6.07) is 16.8. The largest absolute Gasteiger partial charge is 0.497 e. The van der Waals surface area contributed by atoms with Crippen LogP contribution >= 0.6 is 11.6 Å². The summed E-state index contributed by atoms with van der Waals surface area (Å²) in [5, 5.41) is 8.83. The van der Waals surface area contributed by atoms with Crippen LogP contribution in [0.25, 0.3) is 27.8 Å². The molecule has 0 aliphatic rings. The normalized spacial score (nSPS) is 10.9. The smallest absolute Gasteiger partial charge is 0.340 e. The molecular weight excluding hydrogens is 490 g/mol. The Labute approximate surface area is 218 Å². The second kappa shape index (κ2) is 9.91. The van der Waals surface area contributed by atoms with Crippen LogP contribution in [0, 0.1) is 13.8 Å². The second-order valence-corrected chi connectivity index (χ2v) is 8.82. The Morgan fingerprint density at radius 3 is 2.41 bits per heavy atom. The summed E-state index contributed by atoms with van der Waals surface area (Å²) in [5.41, 5.74) is 6.40. The van der Waals surface area contributed by atoms with E-state index in [1.165, 1.54) is 7.11 Å². The number of hydrogen-bond acceptors (Lipinski definition) is 7. The van der Waals surface area contributed by atoms with Gasteiger partial charge in [0.1, 0.15) is 11.6 Å². The van der Waals surface area contributed by atoms with E-state index in [-0.39, 0.29) is 0 Å². The SMILES string of the molecule is COC(=O)c1cc(OC)ccc1Nc1c(-c2cc3nccnc3cc2Cl)c(C)nn1-c1ccccc1C. The molecule has 0 unspecified atom stereocenters. The van der Waals surface area contributed by atoms with Gasteiger partial charge in [0.25, 0.3) is 0 Å². The molecule has 9 heteroatoms. The van der Waals surface area contributed by atoms with Gasteiger partial charge in [-0.15, -0.1) is 0 Å². The van der Waals surface area contributed by atoms with Gasteiger partial charge in [-0.25, -0.2) is 9.48 Å². The number of aromatic nitrogens is 4. The maximum absolute atomic E-state index is 12.7. The molecule has 0 saturated carbocycles. The van der Waals surface area contributed by atoms with Crippen molar-refractivity contribution >= 4 is 40.1 Å². The van der Waals surface area contributed by atoms with Gasteiger partial charge < -0.3 is 14.8 Å². The zero-order chi connectivity index (χ0) is 26.1. The van der Waals surface area contributed by atoms with Crippen molar-refractivity contribution in [2.24, 2.45) is 0 Å². The van der Waals surface area contributed by atoms with Crippen LogP contribution < -0.4 is 10.1 Å². The lowest BCUT2D eigenvalue weighted by molar-refractivity contribution is 0.0601. The molecule has 3 aromatic carbocycles. The molecule has 2 heterocycles. The van der Waals surface area contributed by atoms with E-state index in [9.17, 15) is 4.79 Å². The van der Waals surface area contributed by atoms with Crippen molar-refractivity contribution in [2.45, 2.75) is 13.8 Å². The van der Waals surface area contributed by atoms with Crippen LogP contribution in [0.2, 0.25) is 5.02 Å². The van der Waals surface area contributed by atoms with E-state index in [0.717, 1.165) is 28.1 Å². The lowest BCUT2D eigenvalue weighted by Crippen LogP contribution is -2.09. The molecule has 0 atom stereocenters. The highest BCUT2D eigenvalue weighted by molar-refractivity contribution is 6.34. The van der Waals surface area contributed by atoms with E-state index in [0.29, 0.717) is 38.9 Å². The number of nitrogens with one attached hydrogen (secondary N) is 1. The van der Waals surface area contributed by atoms with E-state index in [4.69, 9.17) is 26.2 Å². The van der Waals surface area contributed by atoms with Crippen molar-refractivity contribution in [1.82, 2.24) is 19.7 Å². The first-order valence-corrected chi connectivity index (χ1v) is 11.9. The third kappa shape index (κ3) is 4.47. The fourth-order valence-electron chi connectivity index (χ4n) is 4.28. The summed E-state index contributed by atoms with van der Waals surface area (Å²) in [6.07, 6.45) is 3.27. The van der Waals surface area contributed by atoms with Crippen molar-refractivity contribution in [3.8, 4) is 22.6 Å². The van der Waals surface area contributed by atoms with Gasteiger partial charge in [0.05, 0.1) is 52.9 Å². The van der Waals surface area contributed by atoms with Crippen LogP contribution in [0.4, 0.5) is 11.5 Å². The predicted octanol–water partition coefficient (Wildman–Crippen LogP) is 6.29. The molecule has 0 aliphatic heterocycles. The average Bonchev–Trinajstić information content (AvgIpc) is 3.23. The summed E-state index contributed by atoms with van der Waals surface area (Å²) < 4.78 is 12.2. The van der Waals surface area contributed by atoms with Gasteiger partial charge in [0.2, 0.25) is 0 Å². The number of ether oxygens (including phenoxy) is 2. The number of fused-ring (bicyclic) bond motifs is 1. The van der Waals surface area contributed by atoms with Gasteiger partial charge in [-0.1, -0.05) is 29.8 Å². The Morgan fingerprint density at radius 2 is 1.70 bits per heavy atom. The van der Waals surface area contributed by atoms with E-state index in [1.54, 1.807) is 43.8 Å². The molecule has 8 nitrogen and oxygen atoms in total. The molecule has 1 N–H and O–H groups in total. The number of hydrogen-bond donors (Lipinski definition) is 1. The Hall–Kier alpha value is -4.43. The molecule has 0 spiro atoms. The lowest BCUT2D eigenvalue weighted by Gasteiger charge is -2.17. The number of carbonyl (C=O) groups excluding carboxylic acids is 1. The predicted molar refractivity (Wildman–Crippen MR) is 144 cm³/mol. The highest BCUT2D eigenvalue weighted by Crippen LogP contribution is 2.41. The van der Waals surface area contributed by atoms with Crippen LogP contribution in [-0.2, 0) is 4.74 Å². The summed E-state index contributed by atoms with van der Waals surface area (Å²) in [6.45, 7) is 3.93. The third-order valence-electron chi connectivity index (χ3n) is 6.12. The molecule has 5 aromatic rings.